The molecule has 4 amide bonds. The number of primary amides is 1. The Bertz CT molecular complexity index is 593. The van der Waals surface area contributed by atoms with Gasteiger partial charge in [0.25, 0.3) is 0 Å². The summed E-state index contributed by atoms with van der Waals surface area (Å²) >= 11 is 0. The minimum absolute atomic E-state index is 0.0702. The van der Waals surface area contributed by atoms with Crippen molar-refractivity contribution in [2.24, 2.45) is 23.3 Å². The average Bonchev–Trinajstić information content (AvgIpc) is 2.59. The fourth-order valence-corrected chi connectivity index (χ4v) is 2.19. The van der Waals surface area contributed by atoms with Gasteiger partial charge in [-0.15, -0.1) is 0 Å². The van der Waals surface area contributed by atoms with E-state index in [4.69, 9.17) is 16.6 Å². The van der Waals surface area contributed by atoms with Crippen molar-refractivity contribution in [3.63, 3.8) is 0 Å². The first-order valence-electron chi connectivity index (χ1n) is 9.00. The Morgan fingerprint density at radius 3 is 1.89 bits per heavy atom. The van der Waals surface area contributed by atoms with Crippen molar-refractivity contribution >= 4 is 29.6 Å². The minimum Gasteiger partial charge on any atom is -0.480 e. The summed E-state index contributed by atoms with van der Waals surface area (Å²) in [5.74, 6) is -4.36. The summed E-state index contributed by atoms with van der Waals surface area (Å²) in [6, 6.07) is -3.01. The zero-order chi connectivity index (χ0) is 22.0. The monoisotopic (exact) mass is 401 g/mol. The van der Waals surface area contributed by atoms with Gasteiger partial charge >= 0.3 is 5.97 Å². The van der Waals surface area contributed by atoms with Crippen LogP contribution in [0.4, 0.5) is 0 Å². The summed E-state index contributed by atoms with van der Waals surface area (Å²) in [5.41, 5.74) is 10.9. The second-order valence-electron chi connectivity index (χ2n) is 7.18. The lowest BCUT2D eigenvalue weighted by atomic mass is 10.0. The number of amides is 4. The van der Waals surface area contributed by atoms with Crippen molar-refractivity contribution in [1.82, 2.24) is 16.0 Å². The van der Waals surface area contributed by atoms with E-state index >= 15 is 0 Å². The van der Waals surface area contributed by atoms with E-state index < -0.39 is 54.3 Å². The molecule has 8 N–H and O–H groups in total. The lowest BCUT2D eigenvalue weighted by Gasteiger charge is -2.26. The molecule has 0 radical (unpaired) electrons. The lowest BCUT2D eigenvalue weighted by Crippen LogP contribution is -2.57. The van der Waals surface area contributed by atoms with Crippen LogP contribution in [0.3, 0.4) is 0 Å². The first kappa shape index (κ1) is 25.3. The number of rotatable bonds is 12. The van der Waals surface area contributed by atoms with Crippen molar-refractivity contribution in [2.45, 2.75) is 58.7 Å². The largest absolute Gasteiger partial charge is 0.480 e. The summed E-state index contributed by atoms with van der Waals surface area (Å²) in [5, 5.41) is 15.8. The molecule has 11 nitrogen and oxygen atoms in total. The van der Waals surface area contributed by atoms with E-state index in [9.17, 15) is 24.0 Å². The van der Waals surface area contributed by atoms with Crippen molar-refractivity contribution in [3.05, 3.63) is 0 Å². The van der Waals surface area contributed by atoms with Crippen molar-refractivity contribution in [1.29, 1.82) is 0 Å². The number of hydrogen-bond acceptors (Lipinski definition) is 6. The van der Waals surface area contributed by atoms with Crippen molar-refractivity contribution in [2.75, 3.05) is 6.54 Å². The Balaban J connectivity index is 5.25. The van der Waals surface area contributed by atoms with Crippen LogP contribution in [0.15, 0.2) is 0 Å². The van der Waals surface area contributed by atoms with Gasteiger partial charge in [0.05, 0.1) is 6.04 Å². The molecule has 3 atom stereocenters. The van der Waals surface area contributed by atoms with Crippen LogP contribution in [-0.4, -0.2) is 59.4 Å². The van der Waals surface area contributed by atoms with Crippen LogP contribution in [0.2, 0.25) is 0 Å². The first-order valence-corrected chi connectivity index (χ1v) is 9.00. The minimum atomic E-state index is -1.23. The second-order valence-corrected chi connectivity index (χ2v) is 7.18. The number of carbonyl (C=O) groups excluding carboxylic acids is 4. The molecule has 0 saturated carbocycles. The molecule has 0 rings (SSSR count). The zero-order valence-electron chi connectivity index (χ0n) is 16.7. The molecule has 11 heteroatoms. The molecular weight excluding hydrogens is 370 g/mol. The van der Waals surface area contributed by atoms with E-state index in [-0.39, 0.29) is 24.7 Å². The van der Waals surface area contributed by atoms with E-state index in [0.717, 1.165) is 0 Å². The molecule has 0 aliphatic rings. The normalized spacial score (nSPS) is 14.1. The predicted octanol–water partition coefficient (Wildman–Crippen LogP) is -1.94. The molecule has 160 valence electrons. The molecule has 0 saturated heterocycles. The molecule has 0 bridgehead atoms. The third kappa shape index (κ3) is 9.31. The van der Waals surface area contributed by atoms with Gasteiger partial charge in [-0.05, 0) is 18.3 Å². The quantitative estimate of drug-likeness (QED) is 0.219. The fourth-order valence-electron chi connectivity index (χ4n) is 2.19. The second kappa shape index (κ2) is 11.9. The van der Waals surface area contributed by atoms with Gasteiger partial charge < -0.3 is 32.5 Å². The molecule has 0 aliphatic heterocycles. The molecule has 0 fully saturated rings. The van der Waals surface area contributed by atoms with Gasteiger partial charge in [-0.1, -0.05) is 27.7 Å². The highest BCUT2D eigenvalue weighted by atomic mass is 16.4. The van der Waals surface area contributed by atoms with E-state index in [1.165, 1.54) is 0 Å². The maximum atomic E-state index is 12.6. The molecule has 3 unspecified atom stereocenters. The molecule has 0 spiro atoms. The highest BCUT2D eigenvalue weighted by Crippen LogP contribution is 2.06. The maximum Gasteiger partial charge on any atom is 0.322 e. The SMILES string of the molecule is CC(C)C(N)C(=O)NC(CCC(N)=O)C(=O)NC(C(=O)NCC(=O)O)C(C)C. The van der Waals surface area contributed by atoms with Gasteiger partial charge in [-0.25, -0.2) is 0 Å². The summed E-state index contributed by atoms with van der Waals surface area (Å²) in [6.45, 7) is 6.21. The fraction of sp³-hybridized carbons (Fsp3) is 0.706. The first-order chi connectivity index (χ1) is 12.9. The summed E-state index contributed by atoms with van der Waals surface area (Å²) in [4.78, 5) is 58.7. The maximum absolute atomic E-state index is 12.6. The highest BCUT2D eigenvalue weighted by molar-refractivity contribution is 5.94. The number of aliphatic carboxylic acids is 1. The van der Waals surface area contributed by atoms with Gasteiger partial charge in [-0.3, -0.25) is 24.0 Å². The molecular formula is C17H31N5O6. The van der Waals surface area contributed by atoms with Crippen LogP contribution in [0.1, 0.15) is 40.5 Å². The highest BCUT2D eigenvalue weighted by Gasteiger charge is 2.30. The number of carbonyl (C=O) groups is 5. The molecule has 0 aromatic carbocycles. The van der Waals surface area contributed by atoms with Gasteiger partial charge in [0.15, 0.2) is 0 Å². The van der Waals surface area contributed by atoms with Crippen LogP contribution >= 0.6 is 0 Å². The average molecular weight is 401 g/mol. The summed E-state index contributed by atoms with van der Waals surface area (Å²) in [6.07, 6.45) is -0.230. The van der Waals surface area contributed by atoms with Crippen LogP contribution < -0.4 is 27.4 Å². The third-order valence-corrected chi connectivity index (χ3v) is 3.99. The molecule has 0 aromatic heterocycles. The van der Waals surface area contributed by atoms with Gasteiger partial charge in [0, 0.05) is 6.42 Å². The van der Waals surface area contributed by atoms with Crippen LogP contribution in [-0.2, 0) is 24.0 Å². The Morgan fingerprint density at radius 1 is 0.893 bits per heavy atom. The van der Waals surface area contributed by atoms with E-state index in [0.29, 0.717) is 0 Å². The standard InChI is InChI=1S/C17H31N5O6/c1-8(2)13(19)16(27)21-10(5-6-11(18)23)15(26)22-14(9(3)4)17(28)20-7-12(24)25/h8-10,13-14H,5-7,19H2,1-4H3,(H2,18,23)(H,20,28)(H,21,27)(H,22,26)(H,24,25). The van der Waals surface area contributed by atoms with E-state index in [2.05, 4.69) is 16.0 Å². The number of hydrogen-bond donors (Lipinski definition) is 6. The Kier molecular flexibility index (Phi) is 10.8. The van der Waals surface area contributed by atoms with Crippen LogP contribution in [0.25, 0.3) is 0 Å². The van der Waals surface area contributed by atoms with E-state index in [1.807, 2.05) is 0 Å². The molecule has 28 heavy (non-hydrogen) atoms. The number of nitrogens with two attached hydrogens (primary N) is 2. The van der Waals surface area contributed by atoms with Gasteiger partial charge in [0.2, 0.25) is 23.6 Å². The third-order valence-electron chi connectivity index (χ3n) is 3.99. The number of carboxylic acid groups (broad SMARTS) is 1. The van der Waals surface area contributed by atoms with Crippen LogP contribution in [0, 0.1) is 11.8 Å². The van der Waals surface area contributed by atoms with E-state index in [1.54, 1.807) is 27.7 Å². The molecule has 0 aliphatic carbocycles. The number of nitrogens with one attached hydrogen (secondary N) is 3. The summed E-state index contributed by atoms with van der Waals surface area (Å²) in [7, 11) is 0. The Labute approximate surface area is 164 Å². The van der Waals surface area contributed by atoms with Gasteiger partial charge in [0.1, 0.15) is 18.6 Å². The topological polar surface area (TPSA) is 194 Å². The zero-order valence-corrected chi connectivity index (χ0v) is 16.7. The molecule has 0 aromatic rings. The Morgan fingerprint density at radius 2 is 1.46 bits per heavy atom. The lowest BCUT2D eigenvalue weighted by molar-refractivity contribution is -0.139. The van der Waals surface area contributed by atoms with Crippen LogP contribution in [0.5, 0.6) is 0 Å². The van der Waals surface area contributed by atoms with Gasteiger partial charge in [-0.2, -0.15) is 0 Å². The Hall–Kier alpha value is -2.69. The van der Waals surface area contributed by atoms with Crippen molar-refractivity contribution < 1.29 is 29.1 Å². The van der Waals surface area contributed by atoms with Crippen molar-refractivity contribution in [3.8, 4) is 0 Å². The molecule has 0 heterocycles. The summed E-state index contributed by atoms with van der Waals surface area (Å²) < 4.78 is 0. The predicted molar refractivity (Wildman–Crippen MR) is 101 cm³/mol. The number of carboxylic acids is 1. The smallest absolute Gasteiger partial charge is 0.322 e.